The number of rotatable bonds is 4. The number of fused-ring (bicyclic) bond motifs is 1. The van der Waals surface area contributed by atoms with Crippen LogP contribution in [0.3, 0.4) is 0 Å². The molecule has 0 bridgehead atoms. The summed E-state index contributed by atoms with van der Waals surface area (Å²) in [7, 11) is 0. The first-order valence-corrected chi connectivity index (χ1v) is 8.64. The second kappa shape index (κ2) is 6.21. The molecule has 1 aliphatic heterocycles. The number of halogens is 1. The van der Waals surface area contributed by atoms with Gasteiger partial charge in [-0.25, -0.2) is 0 Å². The minimum absolute atomic E-state index is 0.165. The third-order valence-corrected chi connectivity index (χ3v) is 4.93. The largest absolute Gasteiger partial charge is 0.454 e. The lowest BCUT2D eigenvalue weighted by Gasteiger charge is -2.17. The van der Waals surface area contributed by atoms with Crippen molar-refractivity contribution in [3.8, 4) is 11.5 Å². The predicted octanol–water partition coefficient (Wildman–Crippen LogP) is 3.73. The number of hydrogen-bond acceptors (Lipinski definition) is 4. The fraction of sp³-hybridized carbons (Fsp3) is 0.263. The zero-order valence-corrected chi connectivity index (χ0v) is 14.9. The van der Waals surface area contributed by atoms with E-state index in [1.807, 2.05) is 13.0 Å². The minimum atomic E-state index is -1.05. The van der Waals surface area contributed by atoms with Gasteiger partial charge in [0.1, 0.15) is 5.41 Å². The van der Waals surface area contributed by atoms with Gasteiger partial charge in [-0.3, -0.25) is 9.59 Å². The molecule has 134 valence electrons. The first kappa shape index (κ1) is 16.7. The van der Waals surface area contributed by atoms with Gasteiger partial charge in [0.15, 0.2) is 11.5 Å². The molecule has 0 atom stereocenters. The van der Waals surface area contributed by atoms with Crippen LogP contribution >= 0.6 is 11.6 Å². The van der Waals surface area contributed by atoms with Crippen LogP contribution in [-0.2, 0) is 9.59 Å². The van der Waals surface area contributed by atoms with Gasteiger partial charge in [0, 0.05) is 22.5 Å². The van der Waals surface area contributed by atoms with E-state index >= 15 is 0 Å². The van der Waals surface area contributed by atoms with Crippen molar-refractivity contribution in [2.45, 2.75) is 19.8 Å². The molecule has 6 nitrogen and oxygen atoms in total. The second-order valence-electron chi connectivity index (χ2n) is 6.52. The van der Waals surface area contributed by atoms with Crippen LogP contribution in [0.2, 0.25) is 5.02 Å². The Morgan fingerprint density at radius 1 is 1.00 bits per heavy atom. The summed E-state index contributed by atoms with van der Waals surface area (Å²) in [5.41, 5.74) is 1.02. The van der Waals surface area contributed by atoms with Crippen molar-refractivity contribution in [3.63, 3.8) is 0 Å². The standard InChI is InChI=1S/C19H17ClN2O4/c1-11-2-3-12(20)8-14(11)22-18(24)19(6-7-19)17(23)21-13-4-5-15-16(9-13)26-10-25-15/h2-5,8-9H,6-7,10H2,1H3,(H,21,23)(H,22,24). The van der Waals surface area contributed by atoms with Crippen LogP contribution in [-0.4, -0.2) is 18.6 Å². The van der Waals surface area contributed by atoms with Crippen LogP contribution in [0, 0.1) is 12.3 Å². The minimum Gasteiger partial charge on any atom is -0.454 e. The summed E-state index contributed by atoms with van der Waals surface area (Å²) in [6, 6.07) is 10.4. The van der Waals surface area contributed by atoms with Gasteiger partial charge >= 0.3 is 0 Å². The van der Waals surface area contributed by atoms with Crippen molar-refractivity contribution in [2.75, 3.05) is 17.4 Å². The Hall–Kier alpha value is -2.73. The Balaban J connectivity index is 1.48. The van der Waals surface area contributed by atoms with Gasteiger partial charge in [0.2, 0.25) is 18.6 Å². The highest BCUT2D eigenvalue weighted by Crippen LogP contribution is 2.48. The predicted molar refractivity (Wildman–Crippen MR) is 97.7 cm³/mol. The monoisotopic (exact) mass is 372 g/mol. The molecule has 2 amide bonds. The zero-order valence-electron chi connectivity index (χ0n) is 14.1. The molecule has 0 aromatic heterocycles. The quantitative estimate of drug-likeness (QED) is 0.802. The lowest BCUT2D eigenvalue weighted by molar-refractivity contribution is -0.131. The van der Waals surface area contributed by atoms with E-state index in [0.717, 1.165) is 5.56 Å². The van der Waals surface area contributed by atoms with Crippen molar-refractivity contribution in [2.24, 2.45) is 5.41 Å². The van der Waals surface area contributed by atoms with E-state index in [1.165, 1.54) is 0 Å². The highest BCUT2D eigenvalue weighted by atomic mass is 35.5. The lowest BCUT2D eigenvalue weighted by Crippen LogP contribution is -2.35. The Kier molecular flexibility index (Phi) is 4.00. The molecule has 4 rings (SSSR count). The van der Waals surface area contributed by atoms with E-state index in [1.54, 1.807) is 30.3 Å². The van der Waals surface area contributed by atoms with Crippen LogP contribution in [0.25, 0.3) is 0 Å². The topological polar surface area (TPSA) is 76.7 Å². The molecule has 1 aliphatic carbocycles. The lowest BCUT2D eigenvalue weighted by atomic mass is 10.0. The number of anilines is 2. The van der Waals surface area contributed by atoms with Gasteiger partial charge in [0.05, 0.1) is 0 Å². The average Bonchev–Trinajstić information content (AvgIpc) is 3.31. The third kappa shape index (κ3) is 2.97. The molecule has 2 aromatic carbocycles. The number of benzene rings is 2. The fourth-order valence-corrected chi connectivity index (χ4v) is 3.05. The number of nitrogens with one attached hydrogen (secondary N) is 2. The maximum absolute atomic E-state index is 12.7. The molecule has 7 heteroatoms. The SMILES string of the molecule is Cc1ccc(Cl)cc1NC(=O)C1(C(=O)Nc2ccc3c(c2)OCO3)CC1. The highest BCUT2D eigenvalue weighted by Gasteiger charge is 2.56. The van der Waals surface area contributed by atoms with E-state index in [9.17, 15) is 9.59 Å². The highest BCUT2D eigenvalue weighted by molar-refractivity contribution is 6.31. The molecule has 26 heavy (non-hydrogen) atoms. The molecule has 2 N–H and O–H groups in total. The Bertz CT molecular complexity index is 908. The Morgan fingerprint density at radius 2 is 1.73 bits per heavy atom. The molecule has 0 radical (unpaired) electrons. The normalized spacial score (nSPS) is 16.1. The third-order valence-electron chi connectivity index (χ3n) is 4.70. The zero-order chi connectivity index (χ0) is 18.3. The van der Waals surface area contributed by atoms with Crippen molar-refractivity contribution >= 4 is 34.8 Å². The first-order chi connectivity index (χ1) is 12.5. The van der Waals surface area contributed by atoms with Crippen molar-refractivity contribution in [3.05, 3.63) is 47.0 Å². The first-order valence-electron chi connectivity index (χ1n) is 8.27. The van der Waals surface area contributed by atoms with Gasteiger partial charge in [-0.2, -0.15) is 0 Å². The van der Waals surface area contributed by atoms with Gasteiger partial charge in [-0.05, 0) is 49.6 Å². The van der Waals surface area contributed by atoms with Gasteiger partial charge in [-0.1, -0.05) is 17.7 Å². The molecule has 1 fully saturated rings. The molecule has 2 aliphatic rings. The van der Waals surface area contributed by atoms with Crippen molar-refractivity contribution < 1.29 is 19.1 Å². The summed E-state index contributed by atoms with van der Waals surface area (Å²) in [6.45, 7) is 2.04. The van der Waals surface area contributed by atoms with E-state index in [2.05, 4.69) is 10.6 Å². The smallest absolute Gasteiger partial charge is 0.240 e. The van der Waals surface area contributed by atoms with Crippen LogP contribution in [0.15, 0.2) is 36.4 Å². The van der Waals surface area contributed by atoms with Crippen molar-refractivity contribution in [1.82, 2.24) is 0 Å². The number of amides is 2. The van der Waals surface area contributed by atoms with Crippen LogP contribution in [0.1, 0.15) is 18.4 Å². The molecule has 0 unspecified atom stereocenters. The average molecular weight is 373 g/mol. The van der Waals surface area contributed by atoms with Crippen LogP contribution in [0.5, 0.6) is 11.5 Å². The summed E-state index contributed by atoms with van der Waals surface area (Å²) in [5, 5.41) is 6.17. The molecule has 0 spiro atoms. The number of hydrogen-bond donors (Lipinski definition) is 2. The molecular weight excluding hydrogens is 356 g/mol. The molecule has 1 heterocycles. The summed E-state index contributed by atoms with van der Waals surface area (Å²) < 4.78 is 10.6. The maximum atomic E-state index is 12.7. The van der Waals surface area contributed by atoms with E-state index in [-0.39, 0.29) is 18.6 Å². The van der Waals surface area contributed by atoms with Gasteiger partial charge in [0.25, 0.3) is 0 Å². The number of ether oxygens (including phenoxy) is 2. The number of aryl methyl sites for hydroxylation is 1. The van der Waals surface area contributed by atoms with E-state index < -0.39 is 5.41 Å². The molecular formula is C19H17ClN2O4. The Labute approximate surface area is 155 Å². The molecule has 1 saturated carbocycles. The maximum Gasteiger partial charge on any atom is 0.240 e. The molecule has 2 aromatic rings. The molecule has 0 saturated heterocycles. The fourth-order valence-electron chi connectivity index (χ4n) is 2.88. The van der Waals surface area contributed by atoms with E-state index in [4.69, 9.17) is 21.1 Å². The van der Waals surface area contributed by atoms with Gasteiger partial charge in [-0.15, -0.1) is 0 Å². The van der Waals surface area contributed by atoms with Crippen molar-refractivity contribution in [1.29, 1.82) is 0 Å². The summed E-state index contributed by atoms with van der Waals surface area (Å²) in [6.07, 6.45) is 1.02. The van der Waals surface area contributed by atoms with Crippen LogP contribution < -0.4 is 20.1 Å². The summed E-state index contributed by atoms with van der Waals surface area (Å²) in [5.74, 6) is 0.569. The summed E-state index contributed by atoms with van der Waals surface area (Å²) in [4.78, 5) is 25.4. The number of carbonyl (C=O) groups excluding carboxylic acids is 2. The number of carbonyl (C=O) groups is 2. The summed E-state index contributed by atoms with van der Waals surface area (Å²) >= 11 is 5.99. The second-order valence-corrected chi connectivity index (χ2v) is 6.95. The van der Waals surface area contributed by atoms with E-state index in [0.29, 0.717) is 40.7 Å². The Morgan fingerprint density at radius 3 is 2.50 bits per heavy atom. The van der Waals surface area contributed by atoms with Gasteiger partial charge < -0.3 is 20.1 Å². The van der Waals surface area contributed by atoms with Crippen LogP contribution in [0.4, 0.5) is 11.4 Å².